The number of hydrogen-bond acceptors (Lipinski definition) is 2. The van der Waals surface area contributed by atoms with Crippen LogP contribution in [0.25, 0.3) is 0 Å². The van der Waals surface area contributed by atoms with Crippen molar-refractivity contribution in [2.45, 2.75) is 26.3 Å². The molecular weight excluding hydrogens is 374 g/mol. The van der Waals surface area contributed by atoms with E-state index in [1.165, 1.54) is 22.5 Å². The predicted octanol–water partition coefficient (Wildman–Crippen LogP) is 5.84. The van der Waals surface area contributed by atoms with Gasteiger partial charge in [0.05, 0.1) is 3.79 Å². The first-order chi connectivity index (χ1) is 8.70. The number of para-hydroxylation sites is 1. The van der Waals surface area contributed by atoms with Crippen LogP contribution >= 0.6 is 43.2 Å². The van der Waals surface area contributed by atoms with E-state index in [1.54, 1.807) is 11.3 Å². The Morgan fingerprint density at radius 3 is 2.67 bits per heavy atom. The fourth-order valence-corrected chi connectivity index (χ4v) is 3.96. The Bertz CT molecular complexity index is 503. The zero-order chi connectivity index (χ0) is 13.0. The average Bonchev–Trinajstić information content (AvgIpc) is 2.68. The van der Waals surface area contributed by atoms with E-state index < -0.39 is 0 Å². The maximum Gasteiger partial charge on any atom is 0.0843 e. The molecule has 0 aliphatic rings. The van der Waals surface area contributed by atoms with Gasteiger partial charge in [-0.3, -0.25) is 0 Å². The molecule has 1 aromatic carbocycles. The summed E-state index contributed by atoms with van der Waals surface area (Å²) in [5.41, 5.74) is 2.65. The Kier molecular flexibility index (Phi) is 5.27. The highest BCUT2D eigenvalue weighted by Gasteiger charge is 2.05. The molecule has 1 aromatic heterocycles. The maximum absolute atomic E-state index is 3.53. The molecule has 96 valence electrons. The highest BCUT2D eigenvalue weighted by Crippen LogP contribution is 2.32. The topological polar surface area (TPSA) is 12.0 Å². The lowest BCUT2D eigenvalue weighted by molar-refractivity contribution is 0.920. The average molecular weight is 389 g/mol. The molecule has 0 saturated heterocycles. The second-order valence-electron chi connectivity index (χ2n) is 4.10. The van der Waals surface area contributed by atoms with E-state index in [1.807, 2.05) is 0 Å². The molecule has 0 aliphatic heterocycles. The van der Waals surface area contributed by atoms with Crippen LogP contribution in [0.3, 0.4) is 0 Å². The van der Waals surface area contributed by atoms with E-state index in [-0.39, 0.29) is 0 Å². The van der Waals surface area contributed by atoms with Gasteiger partial charge in [0.1, 0.15) is 0 Å². The fraction of sp³-hybridized carbons (Fsp3) is 0.286. The molecule has 1 N–H and O–H groups in total. The number of thiophene rings is 1. The molecule has 0 spiro atoms. The summed E-state index contributed by atoms with van der Waals surface area (Å²) < 4.78 is 2.28. The molecule has 2 rings (SSSR count). The van der Waals surface area contributed by atoms with Crippen LogP contribution in [0.5, 0.6) is 0 Å². The van der Waals surface area contributed by atoms with Gasteiger partial charge >= 0.3 is 0 Å². The van der Waals surface area contributed by atoms with Crippen molar-refractivity contribution in [1.82, 2.24) is 0 Å². The minimum absolute atomic E-state index is 0.871. The molecule has 18 heavy (non-hydrogen) atoms. The molecule has 0 fully saturated rings. The largest absolute Gasteiger partial charge is 0.380 e. The first-order valence-electron chi connectivity index (χ1n) is 5.96. The summed E-state index contributed by atoms with van der Waals surface area (Å²) in [4.78, 5) is 1.32. The van der Waals surface area contributed by atoms with E-state index in [9.17, 15) is 0 Å². The number of nitrogens with one attached hydrogen (secondary N) is 1. The van der Waals surface area contributed by atoms with E-state index in [0.29, 0.717) is 0 Å². The van der Waals surface area contributed by atoms with Crippen molar-refractivity contribution < 1.29 is 0 Å². The summed E-state index contributed by atoms with van der Waals surface area (Å²) in [5, 5.41) is 3.52. The van der Waals surface area contributed by atoms with Gasteiger partial charge in [-0.05, 0) is 56.0 Å². The molecule has 0 atom stereocenters. The first-order valence-corrected chi connectivity index (χ1v) is 8.36. The van der Waals surface area contributed by atoms with Gasteiger partial charge in [-0.1, -0.05) is 31.5 Å². The van der Waals surface area contributed by atoms with E-state index >= 15 is 0 Å². The minimum Gasteiger partial charge on any atom is -0.380 e. The summed E-state index contributed by atoms with van der Waals surface area (Å²) in [5.74, 6) is 0. The molecule has 4 heteroatoms. The Labute approximate surface area is 129 Å². The lowest BCUT2D eigenvalue weighted by Gasteiger charge is -2.10. The third kappa shape index (κ3) is 3.59. The van der Waals surface area contributed by atoms with Crippen LogP contribution in [0.15, 0.2) is 38.6 Å². The Morgan fingerprint density at radius 1 is 1.22 bits per heavy atom. The highest BCUT2D eigenvalue weighted by atomic mass is 79.9. The Balaban J connectivity index is 2.05. The predicted molar refractivity (Wildman–Crippen MR) is 87.5 cm³/mol. The van der Waals surface area contributed by atoms with Crippen molar-refractivity contribution in [3.05, 3.63) is 49.0 Å². The van der Waals surface area contributed by atoms with Crippen LogP contribution < -0.4 is 5.32 Å². The number of aryl methyl sites for hydroxylation is 1. The summed E-state index contributed by atoms with van der Waals surface area (Å²) >= 11 is 8.80. The number of benzene rings is 1. The second-order valence-corrected chi connectivity index (χ2v) is 7.40. The van der Waals surface area contributed by atoms with Crippen molar-refractivity contribution >= 4 is 48.9 Å². The van der Waals surface area contributed by atoms with Gasteiger partial charge in [-0.15, -0.1) is 11.3 Å². The van der Waals surface area contributed by atoms with Crippen LogP contribution in [0.4, 0.5) is 5.69 Å². The van der Waals surface area contributed by atoms with Crippen LogP contribution in [0, 0.1) is 0 Å². The van der Waals surface area contributed by atoms with Crippen molar-refractivity contribution in [3.63, 3.8) is 0 Å². The molecule has 0 saturated carbocycles. The SMILES string of the molecule is CCCc1ccccc1NCc1cc(Br)c(Br)s1. The summed E-state index contributed by atoms with van der Waals surface area (Å²) in [7, 11) is 0. The molecule has 0 radical (unpaired) electrons. The van der Waals surface area contributed by atoms with Gasteiger partial charge < -0.3 is 5.32 Å². The van der Waals surface area contributed by atoms with Crippen LogP contribution in [0.2, 0.25) is 0 Å². The van der Waals surface area contributed by atoms with E-state index in [0.717, 1.165) is 21.2 Å². The van der Waals surface area contributed by atoms with Crippen LogP contribution in [-0.2, 0) is 13.0 Å². The first kappa shape index (κ1) is 14.1. The molecule has 0 bridgehead atoms. The van der Waals surface area contributed by atoms with Gasteiger partial charge in [0.25, 0.3) is 0 Å². The molecular formula is C14H15Br2NS. The third-order valence-corrected chi connectivity index (χ3v) is 5.94. The normalized spacial score (nSPS) is 10.6. The molecule has 0 unspecified atom stereocenters. The number of halogens is 2. The zero-order valence-corrected chi connectivity index (χ0v) is 14.2. The van der Waals surface area contributed by atoms with E-state index in [4.69, 9.17) is 0 Å². The van der Waals surface area contributed by atoms with Gasteiger partial charge in [0, 0.05) is 21.6 Å². The van der Waals surface area contributed by atoms with Crippen molar-refractivity contribution in [2.24, 2.45) is 0 Å². The second kappa shape index (κ2) is 6.73. The van der Waals surface area contributed by atoms with Crippen LogP contribution in [0.1, 0.15) is 23.8 Å². The van der Waals surface area contributed by atoms with Gasteiger partial charge in [-0.25, -0.2) is 0 Å². The smallest absolute Gasteiger partial charge is 0.0843 e. The van der Waals surface area contributed by atoms with Crippen molar-refractivity contribution in [2.75, 3.05) is 5.32 Å². The number of rotatable bonds is 5. The van der Waals surface area contributed by atoms with E-state index in [2.05, 4.69) is 74.4 Å². The monoisotopic (exact) mass is 387 g/mol. The highest BCUT2D eigenvalue weighted by molar-refractivity contribution is 9.13. The minimum atomic E-state index is 0.871. The number of hydrogen-bond donors (Lipinski definition) is 1. The molecule has 1 heterocycles. The Morgan fingerprint density at radius 2 is 2.00 bits per heavy atom. The quantitative estimate of drug-likeness (QED) is 0.678. The zero-order valence-electron chi connectivity index (χ0n) is 10.2. The van der Waals surface area contributed by atoms with Gasteiger partial charge in [-0.2, -0.15) is 0 Å². The Hall–Kier alpha value is -0.320. The van der Waals surface area contributed by atoms with Crippen molar-refractivity contribution in [3.8, 4) is 0 Å². The van der Waals surface area contributed by atoms with Crippen LogP contribution in [-0.4, -0.2) is 0 Å². The lowest BCUT2D eigenvalue weighted by atomic mass is 10.1. The fourth-order valence-electron chi connectivity index (χ4n) is 1.84. The lowest BCUT2D eigenvalue weighted by Crippen LogP contribution is -2.00. The molecule has 0 aliphatic carbocycles. The molecule has 0 amide bonds. The summed E-state index contributed by atoms with van der Waals surface area (Å²) in [6, 6.07) is 10.7. The molecule has 2 aromatic rings. The summed E-state index contributed by atoms with van der Waals surface area (Å²) in [6.45, 7) is 3.08. The summed E-state index contributed by atoms with van der Waals surface area (Å²) in [6.07, 6.45) is 2.30. The standard InChI is InChI=1S/C14H15Br2NS/c1-2-5-10-6-3-4-7-13(10)17-9-11-8-12(15)14(16)18-11/h3-4,6-8,17H,2,5,9H2,1H3. The maximum atomic E-state index is 3.53. The van der Waals surface area contributed by atoms with Gasteiger partial charge in [0.15, 0.2) is 0 Å². The molecule has 1 nitrogen and oxygen atoms in total. The number of anilines is 1. The third-order valence-electron chi connectivity index (χ3n) is 2.69. The van der Waals surface area contributed by atoms with Crippen molar-refractivity contribution in [1.29, 1.82) is 0 Å². The van der Waals surface area contributed by atoms with Gasteiger partial charge in [0.2, 0.25) is 0 Å².